The maximum atomic E-state index is 12.4. The number of thioether (sulfide) groups is 1. The number of nitrogens with one attached hydrogen (secondary N) is 1. The zero-order valence-corrected chi connectivity index (χ0v) is 9.98. The first-order chi connectivity index (χ1) is 8.43. The number of alkyl halides is 3. The first-order valence-electron chi connectivity index (χ1n) is 4.77. The van der Waals surface area contributed by atoms with Crippen molar-refractivity contribution in [3.63, 3.8) is 0 Å². The van der Waals surface area contributed by atoms with Gasteiger partial charge in [0.05, 0.1) is 5.75 Å². The van der Waals surface area contributed by atoms with Crippen molar-refractivity contribution in [3.05, 3.63) is 5.82 Å². The Morgan fingerprint density at radius 3 is 2.67 bits per heavy atom. The molecule has 5 nitrogen and oxygen atoms in total. The first-order valence-corrected chi connectivity index (χ1v) is 5.93. The molecule has 9 heteroatoms. The van der Waals surface area contributed by atoms with E-state index < -0.39 is 17.9 Å². The molecule has 0 saturated carbocycles. The van der Waals surface area contributed by atoms with E-state index in [4.69, 9.17) is 12.2 Å². The predicted octanol–water partition coefficient (Wildman–Crippen LogP) is 1.25. The van der Waals surface area contributed by atoms with Crippen molar-refractivity contribution in [2.75, 3.05) is 29.1 Å². The number of halogens is 3. The van der Waals surface area contributed by atoms with E-state index in [2.05, 4.69) is 26.2 Å². The molecule has 0 unspecified atom stereocenters. The van der Waals surface area contributed by atoms with Crippen LogP contribution in [0.3, 0.4) is 0 Å². The molecule has 0 aliphatic rings. The molecular formula is C9H10F3N5S. The number of terminal acetylenes is 1. The molecule has 0 bridgehead atoms. The molecule has 98 valence electrons. The minimum atomic E-state index is -4.65. The van der Waals surface area contributed by atoms with Crippen molar-refractivity contribution in [3.8, 4) is 12.3 Å². The number of nitrogens with zero attached hydrogens (tertiary/aromatic N) is 3. The molecule has 0 aliphatic heterocycles. The van der Waals surface area contributed by atoms with E-state index in [-0.39, 0.29) is 5.95 Å². The van der Waals surface area contributed by atoms with E-state index in [1.165, 1.54) is 11.8 Å². The van der Waals surface area contributed by atoms with Gasteiger partial charge >= 0.3 is 6.18 Å². The summed E-state index contributed by atoms with van der Waals surface area (Å²) in [5, 5.41) is 2.63. The van der Waals surface area contributed by atoms with Crippen molar-refractivity contribution >= 4 is 23.7 Å². The molecule has 3 N–H and O–H groups in total. The molecule has 0 saturated heterocycles. The van der Waals surface area contributed by atoms with Crippen LogP contribution in [-0.4, -0.2) is 33.0 Å². The van der Waals surface area contributed by atoms with Gasteiger partial charge in [-0.3, -0.25) is 0 Å². The molecule has 0 aromatic carbocycles. The molecule has 1 aromatic heterocycles. The second-order valence-corrected chi connectivity index (χ2v) is 4.13. The van der Waals surface area contributed by atoms with Gasteiger partial charge in [0.1, 0.15) is 0 Å². The van der Waals surface area contributed by atoms with Gasteiger partial charge in [0, 0.05) is 12.3 Å². The van der Waals surface area contributed by atoms with E-state index in [9.17, 15) is 13.2 Å². The van der Waals surface area contributed by atoms with Crippen molar-refractivity contribution in [1.82, 2.24) is 15.0 Å². The quantitative estimate of drug-likeness (QED) is 0.623. The molecule has 0 fully saturated rings. The normalized spacial score (nSPS) is 11.0. The van der Waals surface area contributed by atoms with Crippen LogP contribution in [0.25, 0.3) is 0 Å². The van der Waals surface area contributed by atoms with Crippen LogP contribution in [0.2, 0.25) is 0 Å². The average Bonchev–Trinajstić information content (AvgIpc) is 2.27. The highest BCUT2D eigenvalue weighted by atomic mass is 32.2. The largest absolute Gasteiger partial charge is 0.451 e. The standard InChI is InChI=1S/C9H10F3N5S/c1-2-4-18-5-3-14-8-16-6(9(10,11)12)15-7(13)17-8/h1H,3-5H2,(H3,13,14,15,16,17). The van der Waals surface area contributed by atoms with Crippen LogP contribution in [0, 0.1) is 12.3 Å². The van der Waals surface area contributed by atoms with Crippen LogP contribution in [0.4, 0.5) is 25.1 Å². The van der Waals surface area contributed by atoms with Gasteiger partial charge in [-0.05, 0) is 0 Å². The molecule has 1 aromatic rings. The zero-order valence-electron chi connectivity index (χ0n) is 9.16. The third-order valence-corrected chi connectivity index (χ3v) is 2.48. The second kappa shape index (κ2) is 6.30. The highest BCUT2D eigenvalue weighted by molar-refractivity contribution is 7.99. The number of anilines is 2. The third-order valence-electron chi connectivity index (χ3n) is 1.62. The first kappa shape index (κ1) is 14.4. The molecular weight excluding hydrogens is 267 g/mol. The maximum Gasteiger partial charge on any atom is 0.451 e. The zero-order chi connectivity index (χ0) is 13.6. The Kier molecular flexibility index (Phi) is 5.03. The Bertz CT molecular complexity index is 443. The summed E-state index contributed by atoms with van der Waals surface area (Å²) in [4.78, 5) is 9.82. The monoisotopic (exact) mass is 277 g/mol. The summed E-state index contributed by atoms with van der Waals surface area (Å²) in [7, 11) is 0. The second-order valence-electron chi connectivity index (χ2n) is 3.02. The number of nitrogens with two attached hydrogens (primary N) is 1. The minimum Gasteiger partial charge on any atom is -0.368 e. The van der Waals surface area contributed by atoms with Gasteiger partial charge in [0.25, 0.3) is 0 Å². The summed E-state index contributed by atoms with van der Waals surface area (Å²) >= 11 is 1.46. The highest BCUT2D eigenvalue weighted by Crippen LogP contribution is 2.26. The van der Waals surface area contributed by atoms with E-state index >= 15 is 0 Å². The number of aromatic nitrogens is 3. The highest BCUT2D eigenvalue weighted by Gasteiger charge is 2.35. The van der Waals surface area contributed by atoms with Gasteiger partial charge in [0.2, 0.25) is 17.7 Å². The van der Waals surface area contributed by atoms with Crippen molar-refractivity contribution in [2.24, 2.45) is 0 Å². The summed E-state index contributed by atoms with van der Waals surface area (Å²) in [6, 6.07) is 0. The summed E-state index contributed by atoms with van der Waals surface area (Å²) in [5.41, 5.74) is 5.17. The Morgan fingerprint density at radius 1 is 1.33 bits per heavy atom. The molecule has 0 aliphatic carbocycles. The molecule has 18 heavy (non-hydrogen) atoms. The Morgan fingerprint density at radius 2 is 2.06 bits per heavy atom. The van der Waals surface area contributed by atoms with E-state index in [1.807, 2.05) is 0 Å². The summed E-state index contributed by atoms with van der Waals surface area (Å²) in [5.74, 6) is 1.60. The van der Waals surface area contributed by atoms with Crippen LogP contribution in [0.5, 0.6) is 0 Å². The maximum absolute atomic E-state index is 12.4. The minimum absolute atomic E-state index is 0.198. The lowest BCUT2D eigenvalue weighted by atomic mass is 10.6. The fourth-order valence-corrected chi connectivity index (χ4v) is 1.47. The summed E-state index contributed by atoms with van der Waals surface area (Å²) in [6.07, 6.45) is 0.397. The number of nitrogen functional groups attached to an aromatic ring is 1. The smallest absolute Gasteiger partial charge is 0.368 e. The van der Waals surface area contributed by atoms with E-state index in [0.717, 1.165) is 0 Å². The van der Waals surface area contributed by atoms with E-state index in [1.54, 1.807) is 0 Å². The third kappa shape index (κ3) is 4.67. The topological polar surface area (TPSA) is 76.7 Å². The lowest BCUT2D eigenvalue weighted by molar-refractivity contribution is -0.144. The Balaban J connectivity index is 2.61. The lowest BCUT2D eigenvalue weighted by Gasteiger charge is -2.08. The summed E-state index contributed by atoms with van der Waals surface area (Å²) in [6.45, 7) is 0.382. The molecule has 0 radical (unpaired) electrons. The Hall–Kier alpha value is -1.69. The lowest BCUT2D eigenvalue weighted by Crippen LogP contribution is -2.17. The molecule has 0 amide bonds. The Labute approximate surface area is 106 Å². The number of rotatable bonds is 5. The SMILES string of the molecule is C#CCSCCNc1nc(N)nc(C(F)(F)F)n1. The van der Waals surface area contributed by atoms with Crippen LogP contribution in [0.15, 0.2) is 0 Å². The van der Waals surface area contributed by atoms with Gasteiger partial charge in [-0.25, -0.2) is 0 Å². The van der Waals surface area contributed by atoms with E-state index in [0.29, 0.717) is 18.1 Å². The van der Waals surface area contributed by atoms with Gasteiger partial charge in [-0.15, -0.1) is 18.2 Å². The number of hydrogen-bond donors (Lipinski definition) is 2. The fraction of sp³-hybridized carbons (Fsp3) is 0.444. The predicted molar refractivity (Wildman–Crippen MR) is 63.9 cm³/mol. The van der Waals surface area contributed by atoms with Crippen LogP contribution >= 0.6 is 11.8 Å². The molecule has 1 rings (SSSR count). The van der Waals surface area contributed by atoms with Crippen LogP contribution in [-0.2, 0) is 6.18 Å². The van der Waals surface area contributed by atoms with Gasteiger partial charge in [-0.1, -0.05) is 5.92 Å². The fourth-order valence-electron chi connectivity index (χ4n) is 0.964. The van der Waals surface area contributed by atoms with Crippen molar-refractivity contribution in [2.45, 2.75) is 6.18 Å². The van der Waals surface area contributed by atoms with Crippen molar-refractivity contribution < 1.29 is 13.2 Å². The van der Waals surface area contributed by atoms with Gasteiger partial charge < -0.3 is 11.1 Å². The van der Waals surface area contributed by atoms with Crippen LogP contribution < -0.4 is 11.1 Å². The molecule has 0 spiro atoms. The molecule has 1 heterocycles. The van der Waals surface area contributed by atoms with Crippen molar-refractivity contribution in [1.29, 1.82) is 0 Å². The van der Waals surface area contributed by atoms with Gasteiger partial charge in [0.15, 0.2) is 0 Å². The summed E-state index contributed by atoms with van der Waals surface area (Å²) < 4.78 is 37.1. The average molecular weight is 277 g/mol. The van der Waals surface area contributed by atoms with Gasteiger partial charge in [-0.2, -0.15) is 28.1 Å². The number of hydrogen-bond acceptors (Lipinski definition) is 6. The van der Waals surface area contributed by atoms with Crippen LogP contribution in [0.1, 0.15) is 5.82 Å². The molecule has 0 atom stereocenters.